The summed E-state index contributed by atoms with van der Waals surface area (Å²) in [5.74, 6) is 9.65. The van der Waals surface area contributed by atoms with Crippen LogP contribution in [0, 0.1) is 77.9 Å². The third-order valence-corrected chi connectivity index (χ3v) is 19.0. The molecule has 9 saturated carbocycles. The van der Waals surface area contributed by atoms with Gasteiger partial charge in [0.2, 0.25) is 0 Å². The van der Waals surface area contributed by atoms with Gasteiger partial charge in [-0.25, -0.2) is 0 Å². The first-order chi connectivity index (χ1) is 34.1. The van der Waals surface area contributed by atoms with Gasteiger partial charge in [-0.15, -0.1) is 0 Å². The quantitative estimate of drug-likeness (QED) is 0.100. The van der Waals surface area contributed by atoms with Gasteiger partial charge in [-0.3, -0.25) is 14.4 Å². The molecule has 0 aromatic heterocycles. The van der Waals surface area contributed by atoms with Crippen molar-refractivity contribution in [3.05, 3.63) is 101 Å². The van der Waals surface area contributed by atoms with E-state index in [-0.39, 0.29) is 40.8 Å². The Morgan fingerprint density at radius 3 is 1.21 bits per heavy atom. The molecule has 71 heavy (non-hydrogen) atoms. The average Bonchev–Trinajstić information content (AvgIpc) is 3.99. The molecule has 0 radical (unpaired) electrons. The molecule has 3 aromatic carbocycles. The summed E-state index contributed by atoms with van der Waals surface area (Å²) in [6, 6.07) is 20.6. The first-order valence-corrected chi connectivity index (χ1v) is 27.7. The van der Waals surface area contributed by atoms with Gasteiger partial charge in [-0.05, 0) is 240 Å². The lowest BCUT2D eigenvalue weighted by molar-refractivity contribution is -0.191. The van der Waals surface area contributed by atoms with Crippen molar-refractivity contribution in [1.29, 1.82) is 0 Å². The number of allylic oxidation sites excluding steroid dienone is 2. The molecule has 13 rings (SSSR count). The minimum atomic E-state index is -0.170. The van der Waals surface area contributed by atoms with Crippen LogP contribution >= 0.6 is 0 Å². The largest absolute Gasteiger partial charge is 0.426 e. The Morgan fingerprint density at radius 2 is 0.887 bits per heavy atom. The molecular formula is C63H82O8. The second kappa shape index (κ2) is 22.5. The molecule has 6 unspecified atom stereocenters. The van der Waals surface area contributed by atoms with Crippen LogP contribution in [0.2, 0.25) is 0 Å². The lowest BCUT2D eigenvalue weighted by atomic mass is 9.49. The minimum Gasteiger partial charge on any atom is -0.426 e. The van der Waals surface area contributed by atoms with Crippen LogP contribution in [-0.4, -0.2) is 24.1 Å². The van der Waals surface area contributed by atoms with Crippen LogP contribution in [0.1, 0.15) is 196 Å². The summed E-state index contributed by atoms with van der Waals surface area (Å²) in [6.45, 7) is 17.4. The van der Waals surface area contributed by atoms with E-state index >= 15 is 0 Å². The molecule has 3 aromatic rings. The second-order valence-corrected chi connectivity index (χ2v) is 24.1. The minimum absolute atomic E-state index is 0.0565. The monoisotopic (exact) mass is 967 g/mol. The van der Waals surface area contributed by atoms with Crippen LogP contribution in [0.4, 0.5) is 0 Å². The highest BCUT2D eigenvalue weighted by Gasteiger charge is 2.57. The van der Waals surface area contributed by atoms with Crippen molar-refractivity contribution >= 4 is 24.1 Å². The van der Waals surface area contributed by atoms with Crippen molar-refractivity contribution in [3.8, 4) is 17.2 Å². The molecule has 0 saturated heterocycles. The highest BCUT2D eigenvalue weighted by molar-refractivity contribution is 5.81. The van der Waals surface area contributed by atoms with E-state index in [0.717, 1.165) is 129 Å². The fourth-order valence-electron chi connectivity index (χ4n) is 15.1. The smallest absolute Gasteiger partial charge is 0.373 e. The van der Waals surface area contributed by atoms with Gasteiger partial charge >= 0.3 is 24.1 Å². The van der Waals surface area contributed by atoms with E-state index < -0.39 is 0 Å². The van der Waals surface area contributed by atoms with Gasteiger partial charge in [-0.2, -0.15) is 9.59 Å². The van der Waals surface area contributed by atoms with E-state index in [4.69, 9.17) is 23.8 Å². The summed E-state index contributed by atoms with van der Waals surface area (Å²) in [6.07, 6.45) is 24.7. The molecule has 0 N–H and O–H groups in total. The lowest BCUT2D eigenvalue weighted by Gasteiger charge is -2.55. The van der Waals surface area contributed by atoms with Crippen LogP contribution in [-0.2, 0) is 24.0 Å². The maximum Gasteiger partial charge on any atom is 0.373 e. The summed E-state index contributed by atoms with van der Waals surface area (Å²) in [7, 11) is 0. The second-order valence-electron chi connectivity index (χ2n) is 24.1. The summed E-state index contributed by atoms with van der Waals surface area (Å²) in [5, 5.41) is 0. The van der Waals surface area contributed by atoms with Crippen molar-refractivity contribution in [2.45, 2.75) is 182 Å². The van der Waals surface area contributed by atoms with Crippen molar-refractivity contribution in [2.24, 2.45) is 64.1 Å². The Bertz CT molecular complexity index is 2240. The molecule has 0 amide bonds. The number of carbonyl (C=O) groups is 3. The molecule has 9 fully saturated rings. The zero-order valence-electron chi connectivity index (χ0n) is 44.1. The van der Waals surface area contributed by atoms with Gasteiger partial charge in [0.05, 0.1) is 16.7 Å². The normalized spacial score (nSPS) is 31.9. The molecule has 382 valence electrons. The number of fused-ring (bicyclic) bond motifs is 2. The molecule has 0 heterocycles. The van der Waals surface area contributed by atoms with E-state index in [9.17, 15) is 14.4 Å². The third kappa shape index (κ3) is 11.9. The molecular weight excluding hydrogens is 885 g/mol. The van der Waals surface area contributed by atoms with Crippen molar-refractivity contribution < 1.29 is 38.2 Å². The molecule has 6 atom stereocenters. The molecule has 10 aliphatic carbocycles. The number of carbonyl (C=O) groups excluding carboxylic acids is 5. The summed E-state index contributed by atoms with van der Waals surface area (Å²) in [4.78, 5) is 54.6. The Labute approximate surface area is 424 Å². The van der Waals surface area contributed by atoms with Gasteiger partial charge in [0.15, 0.2) is 0 Å². The maximum absolute atomic E-state index is 13.1. The average molecular weight is 967 g/mol. The number of hydrogen-bond acceptors (Lipinski definition) is 8. The van der Waals surface area contributed by atoms with Crippen molar-refractivity contribution in [2.75, 3.05) is 0 Å². The van der Waals surface area contributed by atoms with Crippen molar-refractivity contribution in [1.82, 2.24) is 0 Å². The number of benzene rings is 3. The first kappa shape index (κ1) is 52.5. The molecule has 0 spiro atoms. The fourth-order valence-corrected chi connectivity index (χ4v) is 15.1. The number of ether oxygens (including phenoxy) is 3. The maximum atomic E-state index is 13.1. The predicted molar refractivity (Wildman–Crippen MR) is 277 cm³/mol. The number of aryl methyl sites for hydroxylation is 2. The van der Waals surface area contributed by atoms with Gasteiger partial charge in [0, 0.05) is 0 Å². The number of hydrogen-bond donors (Lipinski definition) is 0. The Morgan fingerprint density at radius 1 is 0.521 bits per heavy atom. The van der Waals surface area contributed by atoms with Crippen molar-refractivity contribution in [3.63, 3.8) is 0 Å². The van der Waals surface area contributed by atoms with E-state index in [2.05, 4.69) is 104 Å². The van der Waals surface area contributed by atoms with Crippen LogP contribution in [0.3, 0.4) is 0 Å². The number of esters is 3. The number of rotatable bonds is 12. The Hall–Kier alpha value is -4.81. The van der Waals surface area contributed by atoms with Gasteiger partial charge in [0.1, 0.15) is 17.2 Å². The molecule has 10 aliphatic rings. The SMILES string of the molecule is CCC(C)c1ccc(OC(=O)C23CC4CC(CC(C4)C2)C3)c(C)c1.CCC(C)c1ccc(OC(=O)C23CC4CC(CC(C4)C2)C3)c(C)c1.CCC(C)c1ccc(OC(=O)C2CC3C=CC2C3)cc1.O=C=O. The van der Waals surface area contributed by atoms with Gasteiger partial charge < -0.3 is 14.2 Å². The van der Waals surface area contributed by atoms with Crippen LogP contribution in [0.25, 0.3) is 0 Å². The Balaban J connectivity index is 0.000000140. The van der Waals surface area contributed by atoms with E-state index in [1.807, 2.05) is 24.3 Å². The van der Waals surface area contributed by atoms with Crippen LogP contribution in [0.5, 0.6) is 17.2 Å². The highest BCUT2D eigenvalue weighted by atomic mass is 16.5. The van der Waals surface area contributed by atoms with Gasteiger partial charge in [-0.1, -0.05) is 90.1 Å². The van der Waals surface area contributed by atoms with E-state index in [1.165, 1.54) is 55.2 Å². The zero-order valence-corrected chi connectivity index (χ0v) is 44.1. The lowest BCUT2D eigenvalue weighted by Crippen LogP contribution is -2.51. The standard InChI is InChI=1S/2C22H30O2.C18H22O2.CO2/c2*1-4-14(2)19-5-6-20(15(3)7-19)24-21(23)22-11-16-8-17(12-22)10-18(9-16)13-22;1-3-12(2)14-6-8-16(9-7-14)20-18(19)17-11-13-4-5-15(17)10-13;2-1-3/h2*5-7,14,16-18H,4,8-13H2,1-3H3;4-9,12-13,15,17H,3,10-11H2,1-2H3;. The van der Waals surface area contributed by atoms with Crippen LogP contribution < -0.4 is 14.2 Å². The summed E-state index contributed by atoms with van der Waals surface area (Å²) < 4.78 is 17.5. The van der Waals surface area contributed by atoms with E-state index in [1.54, 1.807) is 0 Å². The molecule has 10 bridgehead atoms. The summed E-state index contributed by atoms with van der Waals surface area (Å²) >= 11 is 0. The topological polar surface area (TPSA) is 113 Å². The fraction of sp³-hybridized carbons (Fsp3) is 0.619. The summed E-state index contributed by atoms with van der Waals surface area (Å²) in [5.41, 5.74) is 5.81. The zero-order chi connectivity index (χ0) is 50.6. The van der Waals surface area contributed by atoms with E-state index in [0.29, 0.717) is 35.3 Å². The molecule has 8 nitrogen and oxygen atoms in total. The molecule has 8 heteroatoms. The Kier molecular flexibility index (Phi) is 16.7. The first-order valence-electron chi connectivity index (χ1n) is 27.7. The van der Waals surface area contributed by atoms with Crippen LogP contribution in [0.15, 0.2) is 72.8 Å². The highest BCUT2D eigenvalue weighted by Crippen LogP contribution is 2.62. The third-order valence-electron chi connectivity index (χ3n) is 19.0. The molecule has 0 aliphatic heterocycles. The predicted octanol–water partition coefficient (Wildman–Crippen LogP) is 15.0. The van der Waals surface area contributed by atoms with Gasteiger partial charge in [0.25, 0.3) is 0 Å².